The second kappa shape index (κ2) is 4.52. The number of halogens is 2. The van der Waals surface area contributed by atoms with Crippen LogP contribution in [0.3, 0.4) is 0 Å². The van der Waals surface area contributed by atoms with Crippen LogP contribution in [0.2, 0.25) is 0 Å². The molecule has 0 aliphatic heterocycles. The SMILES string of the molecule is Cc1cccc(C(F)(F)c2cc(C)cc(C)c2)c1. The molecule has 2 heteroatoms. The molecule has 0 unspecified atom stereocenters. The highest BCUT2D eigenvalue weighted by Gasteiger charge is 2.34. The van der Waals surface area contributed by atoms with Gasteiger partial charge >= 0.3 is 0 Å². The van der Waals surface area contributed by atoms with Gasteiger partial charge in [-0.25, -0.2) is 0 Å². The molecule has 0 fully saturated rings. The minimum atomic E-state index is -2.94. The van der Waals surface area contributed by atoms with Gasteiger partial charge in [-0.1, -0.05) is 41.0 Å². The summed E-state index contributed by atoms with van der Waals surface area (Å²) in [6.45, 7) is 5.49. The van der Waals surface area contributed by atoms with Crippen LogP contribution < -0.4 is 0 Å². The maximum Gasteiger partial charge on any atom is 0.298 e. The minimum absolute atomic E-state index is 0.0486. The molecule has 18 heavy (non-hydrogen) atoms. The molecule has 0 aliphatic carbocycles. The summed E-state index contributed by atoms with van der Waals surface area (Å²) in [4.78, 5) is 0. The van der Waals surface area contributed by atoms with Gasteiger partial charge in [0.1, 0.15) is 0 Å². The first-order chi connectivity index (χ1) is 8.39. The van der Waals surface area contributed by atoms with Gasteiger partial charge in [-0.3, -0.25) is 0 Å². The van der Waals surface area contributed by atoms with E-state index in [1.807, 2.05) is 32.9 Å². The minimum Gasteiger partial charge on any atom is -0.196 e. The highest BCUT2D eigenvalue weighted by Crippen LogP contribution is 2.36. The van der Waals surface area contributed by atoms with Crippen molar-refractivity contribution in [3.63, 3.8) is 0 Å². The Balaban J connectivity index is 2.53. The number of hydrogen-bond donors (Lipinski definition) is 0. The Bertz CT molecular complexity index is 551. The summed E-state index contributed by atoms with van der Waals surface area (Å²) < 4.78 is 28.9. The van der Waals surface area contributed by atoms with Crippen molar-refractivity contribution in [1.29, 1.82) is 0 Å². The number of rotatable bonds is 2. The molecule has 0 nitrogen and oxygen atoms in total. The zero-order chi connectivity index (χ0) is 13.3. The highest BCUT2D eigenvalue weighted by atomic mass is 19.3. The predicted molar refractivity (Wildman–Crippen MR) is 70.1 cm³/mol. The van der Waals surface area contributed by atoms with Gasteiger partial charge < -0.3 is 0 Å². The molecule has 0 aliphatic rings. The van der Waals surface area contributed by atoms with Gasteiger partial charge in [-0.15, -0.1) is 0 Å². The van der Waals surface area contributed by atoms with E-state index in [-0.39, 0.29) is 11.1 Å². The first kappa shape index (κ1) is 12.7. The number of aryl methyl sites for hydroxylation is 3. The molecule has 0 bridgehead atoms. The molecule has 0 saturated carbocycles. The largest absolute Gasteiger partial charge is 0.298 e. The van der Waals surface area contributed by atoms with Gasteiger partial charge in [0.2, 0.25) is 0 Å². The van der Waals surface area contributed by atoms with Crippen LogP contribution in [0.1, 0.15) is 27.8 Å². The lowest BCUT2D eigenvalue weighted by Crippen LogP contribution is -2.15. The van der Waals surface area contributed by atoms with Gasteiger partial charge in [-0.2, -0.15) is 8.78 Å². The summed E-state index contributed by atoms with van der Waals surface area (Å²) >= 11 is 0. The van der Waals surface area contributed by atoms with E-state index in [9.17, 15) is 8.78 Å². The zero-order valence-corrected chi connectivity index (χ0v) is 10.8. The molecule has 2 rings (SSSR count). The molecule has 2 aromatic rings. The molecule has 2 aromatic carbocycles. The summed E-state index contributed by atoms with van der Waals surface area (Å²) in [6, 6.07) is 11.5. The third-order valence-corrected chi connectivity index (χ3v) is 2.96. The van der Waals surface area contributed by atoms with Gasteiger partial charge in [0.15, 0.2) is 0 Å². The van der Waals surface area contributed by atoms with Crippen LogP contribution in [0.5, 0.6) is 0 Å². The molecule has 0 atom stereocenters. The van der Waals surface area contributed by atoms with Crippen LogP contribution in [0.4, 0.5) is 8.78 Å². The normalized spacial score (nSPS) is 11.6. The standard InChI is InChI=1S/C16H16F2/c1-11-5-4-6-14(8-11)16(17,18)15-9-12(2)7-13(3)10-15/h4-10H,1-3H3. The third kappa shape index (κ3) is 2.42. The molecule has 0 spiro atoms. The quantitative estimate of drug-likeness (QED) is 0.717. The average Bonchev–Trinajstić information content (AvgIpc) is 2.27. The first-order valence-electron chi connectivity index (χ1n) is 5.93. The van der Waals surface area contributed by atoms with E-state index in [0.717, 1.165) is 16.7 Å². The lowest BCUT2D eigenvalue weighted by atomic mass is 9.96. The van der Waals surface area contributed by atoms with E-state index in [1.165, 1.54) is 12.1 Å². The topological polar surface area (TPSA) is 0 Å². The highest BCUT2D eigenvalue weighted by molar-refractivity contribution is 5.39. The van der Waals surface area contributed by atoms with Crippen molar-refractivity contribution in [2.75, 3.05) is 0 Å². The monoisotopic (exact) mass is 246 g/mol. The first-order valence-corrected chi connectivity index (χ1v) is 5.93. The Hall–Kier alpha value is -1.70. The number of benzene rings is 2. The smallest absolute Gasteiger partial charge is 0.196 e. The summed E-state index contributed by atoms with van der Waals surface area (Å²) in [6.07, 6.45) is 0. The van der Waals surface area contributed by atoms with Gasteiger partial charge in [0.25, 0.3) is 5.92 Å². The predicted octanol–water partition coefficient (Wildman–Crippen LogP) is 4.75. The van der Waals surface area contributed by atoms with Crippen molar-refractivity contribution in [3.05, 3.63) is 70.3 Å². The molecule has 0 aromatic heterocycles. The molecule has 0 radical (unpaired) electrons. The summed E-state index contributed by atoms with van der Waals surface area (Å²) in [7, 11) is 0. The molecular weight excluding hydrogens is 230 g/mol. The van der Waals surface area contributed by atoms with Crippen molar-refractivity contribution in [2.45, 2.75) is 26.7 Å². The van der Waals surface area contributed by atoms with Crippen LogP contribution in [-0.4, -0.2) is 0 Å². The van der Waals surface area contributed by atoms with E-state index in [2.05, 4.69) is 0 Å². The van der Waals surface area contributed by atoms with Crippen LogP contribution in [-0.2, 0) is 5.92 Å². The average molecular weight is 246 g/mol. The van der Waals surface area contributed by atoms with Crippen molar-refractivity contribution in [1.82, 2.24) is 0 Å². The van der Waals surface area contributed by atoms with Gasteiger partial charge in [-0.05, 0) is 39.0 Å². The number of hydrogen-bond acceptors (Lipinski definition) is 0. The maximum atomic E-state index is 14.4. The summed E-state index contributed by atoms with van der Waals surface area (Å²) in [5, 5.41) is 0. The Labute approximate surface area is 106 Å². The van der Waals surface area contributed by atoms with Gasteiger partial charge in [0, 0.05) is 11.1 Å². The molecule has 0 amide bonds. The van der Waals surface area contributed by atoms with E-state index < -0.39 is 5.92 Å². The second-order valence-corrected chi connectivity index (χ2v) is 4.82. The Morgan fingerprint density at radius 2 is 1.28 bits per heavy atom. The number of alkyl halides is 2. The summed E-state index contributed by atoms with van der Waals surface area (Å²) in [5.41, 5.74) is 2.67. The lowest BCUT2D eigenvalue weighted by molar-refractivity contribution is 0.0426. The van der Waals surface area contributed by atoms with E-state index in [0.29, 0.717) is 0 Å². The molecule has 0 saturated heterocycles. The fourth-order valence-corrected chi connectivity index (χ4v) is 2.16. The molecule has 0 heterocycles. The van der Waals surface area contributed by atoms with E-state index in [4.69, 9.17) is 0 Å². The Morgan fingerprint density at radius 1 is 0.722 bits per heavy atom. The van der Waals surface area contributed by atoms with Crippen molar-refractivity contribution in [2.24, 2.45) is 0 Å². The van der Waals surface area contributed by atoms with E-state index in [1.54, 1.807) is 18.2 Å². The fourth-order valence-electron chi connectivity index (χ4n) is 2.16. The molecule has 94 valence electrons. The lowest BCUT2D eigenvalue weighted by Gasteiger charge is -2.19. The third-order valence-electron chi connectivity index (χ3n) is 2.96. The summed E-state index contributed by atoms with van der Waals surface area (Å²) in [5.74, 6) is -2.94. The Kier molecular flexibility index (Phi) is 3.20. The second-order valence-electron chi connectivity index (χ2n) is 4.82. The van der Waals surface area contributed by atoms with E-state index >= 15 is 0 Å². The maximum absolute atomic E-state index is 14.4. The van der Waals surface area contributed by atoms with Crippen LogP contribution in [0, 0.1) is 20.8 Å². The van der Waals surface area contributed by atoms with Crippen molar-refractivity contribution in [3.8, 4) is 0 Å². The zero-order valence-electron chi connectivity index (χ0n) is 10.8. The van der Waals surface area contributed by atoms with Crippen LogP contribution in [0.25, 0.3) is 0 Å². The Morgan fingerprint density at radius 3 is 1.83 bits per heavy atom. The van der Waals surface area contributed by atoms with Crippen LogP contribution in [0.15, 0.2) is 42.5 Å². The molecular formula is C16H16F2. The molecule has 0 N–H and O–H groups in total. The van der Waals surface area contributed by atoms with Crippen molar-refractivity contribution < 1.29 is 8.78 Å². The van der Waals surface area contributed by atoms with Crippen molar-refractivity contribution >= 4 is 0 Å². The van der Waals surface area contributed by atoms with Gasteiger partial charge in [0.05, 0.1) is 0 Å². The van der Waals surface area contributed by atoms with Crippen LogP contribution >= 0.6 is 0 Å². The fraction of sp³-hybridized carbons (Fsp3) is 0.250.